The van der Waals surface area contributed by atoms with E-state index in [1.54, 1.807) is 4.90 Å². The summed E-state index contributed by atoms with van der Waals surface area (Å²) in [5.74, 6) is -0.142. The van der Waals surface area contributed by atoms with Crippen molar-refractivity contribution >= 4 is 33.4 Å². The number of carbonyl (C=O) groups excluding carboxylic acids is 2. The minimum absolute atomic E-state index is 0.0683. The summed E-state index contributed by atoms with van der Waals surface area (Å²) < 4.78 is 0.982. The van der Waals surface area contributed by atoms with E-state index in [4.69, 9.17) is 0 Å². The molecule has 0 bridgehead atoms. The van der Waals surface area contributed by atoms with Crippen molar-refractivity contribution in [3.8, 4) is 0 Å². The highest BCUT2D eigenvalue weighted by atomic mass is 79.9. The molecular formula is C12H13BrN2O2. The number of nitrogens with zero attached hydrogens (tertiary/aromatic N) is 1. The number of aryl methyl sites for hydroxylation is 1. The van der Waals surface area contributed by atoms with Crippen molar-refractivity contribution in [3.63, 3.8) is 0 Å². The van der Waals surface area contributed by atoms with Crippen LogP contribution in [0.1, 0.15) is 12.0 Å². The van der Waals surface area contributed by atoms with Gasteiger partial charge in [0.25, 0.3) is 0 Å². The molecule has 17 heavy (non-hydrogen) atoms. The lowest BCUT2D eigenvalue weighted by Crippen LogP contribution is -2.35. The van der Waals surface area contributed by atoms with Crippen LogP contribution < -0.4 is 10.2 Å². The molecular weight excluding hydrogens is 284 g/mol. The molecule has 1 saturated heterocycles. The Labute approximate surface area is 108 Å². The first kappa shape index (κ1) is 12.1. The fourth-order valence-corrected chi connectivity index (χ4v) is 2.35. The average Bonchev–Trinajstić information content (AvgIpc) is 2.43. The molecule has 0 saturated carbocycles. The standard InChI is InChI=1S/C12H13BrN2O2/c1-8-6-9(13)2-3-10(8)15-5-4-11(16)14-7-12(15)17/h2-3,6H,4-5,7H2,1H3,(H,14,16). The SMILES string of the molecule is Cc1cc(Br)ccc1N1CCC(=O)NCC1=O. The zero-order valence-corrected chi connectivity index (χ0v) is 11.1. The molecule has 0 radical (unpaired) electrons. The highest BCUT2D eigenvalue weighted by Gasteiger charge is 2.22. The second kappa shape index (κ2) is 4.87. The number of nitrogens with one attached hydrogen (secondary N) is 1. The molecule has 1 N–H and O–H groups in total. The third-order valence-electron chi connectivity index (χ3n) is 2.75. The van der Waals surface area contributed by atoms with E-state index >= 15 is 0 Å². The van der Waals surface area contributed by atoms with Crippen LogP contribution in [0.2, 0.25) is 0 Å². The molecule has 1 aliphatic rings. The summed E-state index contributed by atoms with van der Waals surface area (Å²) in [7, 11) is 0. The quantitative estimate of drug-likeness (QED) is 0.856. The number of anilines is 1. The predicted molar refractivity (Wildman–Crippen MR) is 68.9 cm³/mol. The van der Waals surface area contributed by atoms with Crippen LogP contribution in [0.4, 0.5) is 5.69 Å². The Kier molecular flexibility index (Phi) is 3.47. The molecule has 2 amide bonds. The fraction of sp³-hybridized carbons (Fsp3) is 0.333. The first-order chi connectivity index (χ1) is 8.08. The number of hydrogen-bond acceptors (Lipinski definition) is 2. The molecule has 90 valence electrons. The molecule has 0 aliphatic carbocycles. The van der Waals surface area contributed by atoms with Crippen LogP contribution in [-0.4, -0.2) is 24.9 Å². The lowest BCUT2D eigenvalue weighted by Gasteiger charge is -2.22. The molecule has 0 aromatic heterocycles. The predicted octanol–water partition coefficient (Wildman–Crippen LogP) is 1.61. The Hall–Kier alpha value is -1.36. The van der Waals surface area contributed by atoms with E-state index in [1.165, 1.54) is 0 Å². The van der Waals surface area contributed by atoms with Crippen molar-refractivity contribution in [1.29, 1.82) is 0 Å². The first-order valence-corrected chi connectivity index (χ1v) is 6.20. The van der Waals surface area contributed by atoms with Crippen molar-refractivity contribution in [2.75, 3.05) is 18.0 Å². The van der Waals surface area contributed by atoms with E-state index in [9.17, 15) is 9.59 Å². The minimum Gasteiger partial charge on any atom is -0.347 e. The molecule has 2 rings (SSSR count). The first-order valence-electron chi connectivity index (χ1n) is 5.41. The number of carbonyl (C=O) groups is 2. The van der Waals surface area contributed by atoms with Gasteiger partial charge in [0.2, 0.25) is 11.8 Å². The molecule has 1 heterocycles. The summed E-state index contributed by atoms with van der Waals surface area (Å²) >= 11 is 3.39. The topological polar surface area (TPSA) is 49.4 Å². The molecule has 4 nitrogen and oxygen atoms in total. The molecule has 5 heteroatoms. The molecule has 1 aromatic rings. The van der Waals surface area contributed by atoms with Crippen LogP contribution in [0.3, 0.4) is 0 Å². The Morgan fingerprint density at radius 1 is 1.35 bits per heavy atom. The van der Waals surface area contributed by atoms with Crippen molar-refractivity contribution in [3.05, 3.63) is 28.2 Å². The summed E-state index contributed by atoms with van der Waals surface area (Å²) in [6.45, 7) is 2.47. The Morgan fingerprint density at radius 3 is 2.82 bits per heavy atom. The number of rotatable bonds is 1. The summed E-state index contributed by atoms with van der Waals surface area (Å²) in [6.07, 6.45) is 0.348. The third-order valence-corrected chi connectivity index (χ3v) is 3.24. The largest absolute Gasteiger partial charge is 0.347 e. The lowest BCUT2D eigenvalue weighted by molar-refractivity contribution is -0.123. The fourth-order valence-electron chi connectivity index (χ4n) is 1.87. The van der Waals surface area contributed by atoms with Gasteiger partial charge in [-0.2, -0.15) is 0 Å². The van der Waals surface area contributed by atoms with Gasteiger partial charge in [-0.15, -0.1) is 0 Å². The van der Waals surface area contributed by atoms with E-state index in [-0.39, 0.29) is 18.4 Å². The van der Waals surface area contributed by atoms with Gasteiger partial charge in [0, 0.05) is 23.1 Å². The molecule has 1 aromatic carbocycles. The van der Waals surface area contributed by atoms with Gasteiger partial charge in [-0.3, -0.25) is 9.59 Å². The van der Waals surface area contributed by atoms with Crippen molar-refractivity contribution in [2.24, 2.45) is 0 Å². The van der Waals surface area contributed by atoms with Gasteiger partial charge in [0.1, 0.15) is 0 Å². The van der Waals surface area contributed by atoms with Crippen molar-refractivity contribution in [1.82, 2.24) is 5.32 Å². The van der Waals surface area contributed by atoms with Crippen LogP contribution in [-0.2, 0) is 9.59 Å². The maximum absolute atomic E-state index is 11.9. The van der Waals surface area contributed by atoms with Gasteiger partial charge >= 0.3 is 0 Å². The number of benzene rings is 1. The molecule has 1 aliphatic heterocycles. The normalized spacial score (nSPS) is 16.7. The molecule has 0 atom stereocenters. The highest BCUT2D eigenvalue weighted by Crippen LogP contribution is 2.24. The van der Waals surface area contributed by atoms with Crippen LogP contribution >= 0.6 is 15.9 Å². The molecule has 0 unspecified atom stereocenters. The zero-order chi connectivity index (χ0) is 12.4. The Bertz CT molecular complexity index is 474. The smallest absolute Gasteiger partial charge is 0.246 e. The van der Waals surface area contributed by atoms with Gasteiger partial charge < -0.3 is 10.2 Å². The van der Waals surface area contributed by atoms with Crippen LogP contribution in [0.25, 0.3) is 0 Å². The van der Waals surface area contributed by atoms with Crippen LogP contribution in [0, 0.1) is 6.92 Å². The van der Waals surface area contributed by atoms with E-state index in [0.717, 1.165) is 15.7 Å². The highest BCUT2D eigenvalue weighted by molar-refractivity contribution is 9.10. The van der Waals surface area contributed by atoms with E-state index in [1.807, 2.05) is 25.1 Å². The summed E-state index contributed by atoms with van der Waals surface area (Å²) in [5, 5.41) is 2.59. The second-order valence-corrected chi connectivity index (χ2v) is 4.92. The van der Waals surface area contributed by atoms with Crippen LogP contribution in [0.15, 0.2) is 22.7 Å². The summed E-state index contributed by atoms with van der Waals surface area (Å²) in [4.78, 5) is 24.8. The van der Waals surface area contributed by atoms with E-state index in [2.05, 4.69) is 21.2 Å². The molecule has 0 spiro atoms. The van der Waals surface area contributed by atoms with Gasteiger partial charge in [0.15, 0.2) is 0 Å². The average molecular weight is 297 g/mol. The van der Waals surface area contributed by atoms with E-state index < -0.39 is 0 Å². The van der Waals surface area contributed by atoms with Gasteiger partial charge in [-0.1, -0.05) is 15.9 Å². The zero-order valence-electron chi connectivity index (χ0n) is 9.50. The second-order valence-electron chi connectivity index (χ2n) is 4.00. The van der Waals surface area contributed by atoms with E-state index in [0.29, 0.717) is 13.0 Å². The third kappa shape index (κ3) is 2.66. The summed E-state index contributed by atoms with van der Waals surface area (Å²) in [6, 6.07) is 5.76. The molecule has 1 fully saturated rings. The maximum atomic E-state index is 11.9. The Morgan fingerprint density at radius 2 is 2.12 bits per heavy atom. The number of hydrogen-bond donors (Lipinski definition) is 1. The number of amides is 2. The minimum atomic E-state index is -0.0735. The summed E-state index contributed by atoms with van der Waals surface area (Å²) in [5.41, 5.74) is 1.89. The van der Waals surface area contributed by atoms with Gasteiger partial charge in [-0.05, 0) is 30.7 Å². The Balaban J connectivity index is 2.31. The van der Waals surface area contributed by atoms with Gasteiger partial charge in [-0.25, -0.2) is 0 Å². The van der Waals surface area contributed by atoms with Crippen LogP contribution in [0.5, 0.6) is 0 Å². The van der Waals surface area contributed by atoms with Gasteiger partial charge in [0.05, 0.1) is 6.54 Å². The monoisotopic (exact) mass is 296 g/mol. The van der Waals surface area contributed by atoms with Crippen molar-refractivity contribution in [2.45, 2.75) is 13.3 Å². The van der Waals surface area contributed by atoms with Crippen molar-refractivity contribution < 1.29 is 9.59 Å². The lowest BCUT2D eigenvalue weighted by atomic mass is 10.1. The maximum Gasteiger partial charge on any atom is 0.246 e. The number of halogens is 1.